The molecule has 0 aromatic heterocycles. The van der Waals surface area contributed by atoms with Gasteiger partial charge in [0, 0.05) is 38.9 Å². The molecule has 0 saturated carbocycles. The Labute approximate surface area is 468 Å². The van der Waals surface area contributed by atoms with E-state index in [1.807, 2.05) is 0 Å². The molecule has 9 atom stereocenters. The number of guanidine groups is 2. The lowest BCUT2D eigenvalue weighted by Crippen LogP contribution is -2.60. The summed E-state index contributed by atoms with van der Waals surface area (Å²) in [5.74, 6) is -11.8. The van der Waals surface area contributed by atoms with Crippen molar-refractivity contribution in [1.82, 2.24) is 58.5 Å². The Hall–Kier alpha value is -7.37. The van der Waals surface area contributed by atoms with E-state index in [1.54, 1.807) is 34.6 Å². The number of carboxylic acids is 2. The first-order chi connectivity index (χ1) is 37.7. The second-order valence-electron chi connectivity index (χ2n) is 20.1. The van der Waals surface area contributed by atoms with Crippen molar-refractivity contribution in [2.45, 2.75) is 180 Å². The lowest BCUT2D eigenvalue weighted by Gasteiger charge is -2.29. The average molecular weight is 1140 g/mol. The lowest BCUT2D eigenvalue weighted by atomic mass is 9.96. The summed E-state index contributed by atoms with van der Waals surface area (Å²) in [5.41, 5.74) is 22.0. The summed E-state index contributed by atoms with van der Waals surface area (Å²) < 4.78 is 0. The molecule has 30 nitrogen and oxygen atoms in total. The topological polar surface area (TPSA) is 512 Å². The van der Waals surface area contributed by atoms with Crippen molar-refractivity contribution in [3.8, 4) is 0 Å². The molecule has 9 amide bonds. The predicted octanol–water partition coefficient (Wildman–Crippen LogP) is -3.52. The van der Waals surface area contributed by atoms with Crippen molar-refractivity contribution in [3.05, 3.63) is 0 Å². The predicted molar refractivity (Wildman–Crippen MR) is 297 cm³/mol. The molecule has 23 N–H and O–H groups in total. The number of carbonyl (C=O) groups is 11. The van der Waals surface area contributed by atoms with Gasteiger partial charge in [-0.1, -0.05) is 47.5 Å². The summed E-state index contributed by atoms with van der Waals surface area (Å²) in [4.78, 5) is 146. The van der Waals surface area contributed by atoms with Gasteiger partial charge in [0.2, 0.25) is 53.2 Å². The maximum atomic E-state index is 14.2. The fourth-order valence-electron chi connectivity index (χ4n) is 7.92. The third-order valence-corrected chi connectivity index (χ3v) is 12.7. The van der Waals surface area contributed by atoms with E-state index in [9.17, 15) is 63.0 Å². The van der Waals surface area contributed by atoms with Crippen molar-refractivity contribution in [1.29, 1.82) is 10.8 Å². The minimum Gasteiger partial charge on any atom is -0.481 e. The molecule has 0 saturated heterocycles. The highest BCUT2D eigenvalue weighted by molar-refractivity contribution is 5.98. The van der Waals surface area contributed by atoms with Crippen molar-refractivity contribution in [2.75, 3.05) is 39.8 Å². The van der Waals surface area contributed by atoms with E-state index < -0.39 is 145 Å². The van der Waals surface area contributed by atoms with Gasteiger partial charge in [0.1, 0.15) is 42.3 Å². The van der Waals surface area contributed by atoms with Crippen LogP contribution in [-0.2, 0) is 52.7 Å². The highest BCUT2D eigenvalue weighted by atomic mass is 16.4. The van der Waals surface area contributed by atoms with Gasteiger partial charge in [-0.25, -0.2) is 0 Å². The molecule has 30 heteroatoms. The van der Waals surface area contributed by atoms with E-state index in [2.05, 4.69) is 58.5 Å². The van der Waals surface area contributed by atoms with Gasteiger partial charge >= 0.3 is 11.9 Å². The summed E-state index contributed by atoms with van der Waals surface area (Å²) in [5, 5.41) is 62.1. The summed E-state index contributed by atoms with van der Waals surface area (Å²) in [6.45, 7) is 8.74. The zero-order chi connectivity index (χ0) is 60.9. The van der Waals surface area contributed by atoms with Crippen molar-refractivity contribution >= 4 is 77.0 Å². The van der Waals surface area contributed by atoms with Crippen LogP contribution in [-0.4, -0.2) is 169 Å². The second-order valence-corrected chi connectivity index (χ2v) is 20.1. The van der Waals surface area contributed by atoms with Gasteiger partial charge in [0.15, 0.2) is 11.9 Å². The molecule has 0 unspecified atom stereocenters. The van der Waals surface area contributed by atoms with Gasteiger partial charge in [-0.15, -0.1) is 0 Å². The molecule has 0 aromatic rings. The van der Waals surface area contributed by atoms with Crippen LogP contribution < -0.4 is 81.4 Å². The summed E-state index contributed by atoms with van der Waals surface area (Å²) in [6, 6.07) is -9.26. The SMILES string of the molecule is CC[C@H](C)[C@H](NC(=O)[C@H](CCCNC(=N)N)NC(=O)[C@H](CCC(=O)O)NC(=O)[C@@H](C)CCCCN)C(=O)N[C@@H](CCC(=O)O)C(=O)NCC(=O)N[C@@H](CC(C)C)C(=O)N[C@@H](CCCNC(=N)N)C(=O)N[C@@H](CCCCN)C(=O)NC. The number of aliphatic carboxylic acids is 2. The number of amides is 9. The van der Waals surface area contributed by atoms with E-state index in [0.29, 0.717) is 45.2 Å². The zero-order valence-electron chi connectivity index (χ0n) is 47.3. The Balaban J connectivity index is 6.59. The molecule has 0 aliphatic carbocycles. The molecular weight excluding hydrogens is 1050 g/mol. The number of nitrogens with one attached hydrogen (secondary N) is 13. The van der Waals surface area contributed by atoms with Crippen molar-refractivity contribution in [3.63, 3.8) is 0 Å². The van der Waals surface area contributed by atoms with Crippen LogP contribution in [0.15, 0.2) is 0 Å². The Morgan fingerprint density at radius 1 is 0.463 bits per heavy atom. The number of carboxylic acid groups (broad SMARTS) is 2. The van der Waals surface area contributed by atoms with Crippen molar-refractivity contribution in [2.24, 2.45) is 40.7 Å². The van der Waals surface area contributed by atoms with Crippen LogP contribution in [0.5, 0.6) is 0 Å². The molecule has 0 rings (SSSR count). The first kappa shape index (κ1) is 72.6. The van der Waals surface area contributed by atoms with Gasteiger partial charge in [-0.2, -0.15) is 0 Å². The minimum absolute atomic E-state index is 0.0232. The average Bonchev–Trinajstić information content (AvgIpc) is 3.39. The van der Waals surface area contributed by atoms with Crippen LogP contribution in [0.1, 0.15) is 137 Å². The normalized spacial score (nSPS) is 14.3. The highest BCUT2D eigenvalue weighted by Crippen LogP contribution is 2.14. The summed E-state index contributed by atoms with van der Waals surface area (Å²) in [6.07, 6.45) is 1.74. The minimum atomic E-state index is -1.60. The molecule has 0 spiro atoms. The number of unbranched alkanes of at least 4 members (excludes halogenated alkanes) is 2. The zero-order valence-corrected chi connectivity index (χ0v) is 47.3. The second kappa shape index (κ2) is 40.8. The lowest BCUT2D eigenvalue weighted by molar-refractivity contribution is -0.139. The van der Waals surface area contributed by atoms with Gasteiger partial charge in [-0.3, -0.25) is 63.6 Å². The third-order valence-electron chi connectivity index (χ3n) is 12.7. The van der Waals surface area contributed by atoms with Gasteiger partial charge in [0.25, 0.3) is 0 Å². The fourth-order valence-corrected chi connectivity index (χ4v) is 7.92. The standard InChI is InChI=1S/C50H93N17O13/c1-7-29(4)40(67-46(78)33(17-13-25-59-50(55)56)64-45(77)35(19-21-39(71)72)62-41(73)30(5)14-8-10-22-51)48(80)66-34(18-20-38(69)70)43(75)60-27-37(68)61-36(26-28(2)3)47(79)65-32(16-12-24-58-49(53)54)44(76)63-31(42(74)57-6)15-9-11-23-52/h28-36,40H,7-27,51-52H2,1-6H3,(H,57,74)(H,60,75)(H,61,68)(H,62,73)(H,63,76)(H,64,77)(H,65,79)(H,66,80)(H,67,78)(H,69,70)(H,71,72)(H4,53,54,58)(H4,55,56,59)/t29-,30-,31-,32-,33-,34-,35-,36-,40-/m0/s1. The number of hydrogen-bond acceptors (Lipinski definition) is 15. The van der Waals surface area contributed by atoms with Gasteiger partial charge < -0.3 is 91.6 Å². The third kappa shape index (κ3) is 31.9. The smallest absolute Gasteiger partial charge is 0.303 e. The summed E-state index contributed by atoms with van der Waals surface area (Å²) >= 11 is 0. The van der Waals surface area contributed by atoms with Gasteiger partial charge in [-0.05, 0) is 102 Å². The van der Waals surface area contributed by atoms with Crippen molar-refractivity contribution < 1.29 is 63.0 Å². The van der Waals surface area contributed by atoms with Crippen LogP contribution in [0.4, 0.5) is 0 Å². The van der Waals surface area contributed by atoms with E-state index in [4.69, 9.17) is 33.8 Å². The van der Waals surface area contributed by atoms with Crippen LogP contribution >= 0.6 is 0 Å². The molecule has 80 heavy (non-hydrogen) atoms. The molecule has 0 fully saturated rings. The monoisotopic (exact) mass is 1140 g/mol. The van der Waals surface area contributed by atoms with Crippen LogP contribution in [0.3, 0.4) is 0 Å². The molecule has 0 aromatic carbocycles. The number of rotatable bonds is 43. The summed E-state index contributed by atoms with van der Waals surface area (Å²) in [7, 11) is 1.41. The first-order valence-corrected chi connectivity index (χ1v) is 27.3. The molecule has 0 heterocycles. The number of nitrogens with two attached hydrogens (primary N) is 4. The number of hydrogen-bond donors (Lipinski definition) is 19. The molecular formula is C50H93N17O13. The van der Waals surface area contributed by atoms with Crippen LogP contribution in [0.2, 0.25) is 0 Å². The maximum absolute atomic E-state index is 14.2. The first-order valence-electron chi connectivity index (χ1n) is 27.3. The Morgan fingerprint density at radius 3 is 1.30 bits per heavy atom. The molecule has 0 aliphatic rings. The van der Waals surface area contributed by atoms with E-state index in [1.165, 1.54) is 7.05 Å². The maximum Gasteiger partial charge on any atom is 0.303 e. The molecule has 0 bridgehead atoms. The van der Waals surface area contributed by atoms with Crippen LogP contribution in [0.25, 0.3) is 0 Å². The van der Waals surface area contributed by atoms with E-state index in [0.717, 1.165) is 0 Å². The Kier molecular flexibility index (Phi) is 37.0. The largest absolute Gasteiger partial charge is 0.481 e. The van der Waals surface area contributed by atoms with E-state index in [-0.39, 0.29) is 82.3 Å². The Bertz CT molecular complexity index is 2050. The number of carbonyl (C=O) groups excluding carboxylic acids is 9. The quantitative estimate of drug-likeness (QED) is 0.0160. The van der Waals surface area contributed by atoms with Crippen LogP contribution in [0, 0.1) is 28.6 Å². The molecule has 0 aliphatic heterocycles. The molecule has 0 radical (unpaired) electrons. The number of likely N-dealkylation sites (N-methyl/N-ethyl adjacent to an activating group) is 1. The fraction of sp³-hybridized carbons (Fsp3) is 0.740. The Morgan fingerprint density at radius 2 is 0.863 bits per heavy atom. The van der Waals surface area contributed by atoms with Gasteiger partial charge in [0.05, 0.1) is 6.54 Å². The molecule has 456 valence electrons. The highest BCUT2D eigenvalue weighted by Gasteiger charge is 2.35. The van der Waals surface area contributed by atoms with E-state index >= 15 is 0 Å².